The van der Waals surface area contributed by atoms with Gasteiger partial charge in [-0.3, -0.25) is 0 Å². The molecule has 0 radical (unpaired) electrons. The second-order valence-electron chi connectivity index (χ2n) is 5.73. The van der Waals surface area contributed by atoms with E-state index >= 15 is 0 Å². The molecule has 1 atom stereocenters. The summed E-state index contributed by atoms with van der Waals surface area (Å²) in [6.07, 6.45) is 7.19. The molecule has 2 fully saturated rings. The first-order chi connectivity index (χ1) is 8.81. The quantitative estimate of drug-likeness (QED) is 0.859. The maximum Gasteiger partial charge on any atom is 0.151 e. The summed E-state index contributed by atoms with van der Waals surface area (Å²) in [6, 6.07) is 2.79. The van der Waals surface area contributed by atoms with Crippen LogP contribution in [0.15, 0.2) is 12.3 Å². The third-order valence-corrected chi connectivity index (χ3v) is 3.88. The molecule has 1 saturated heterocycles. The van der Waals surface area contributed by atoms with E-state index in [-0.39, 0.29) is 0 Å². The SMILES string of the molecule is Cc1cnnc(N(CC2CC2)CC2CCCN2)c1. The zero-order valence-corrected chi connectivity index (χ0v) is 11.1. The van der Waals surface area contributed by atoms with Crippen molar-refractivity contribution in [3.8, 4) is 0 Å². The van der Waals surface area contributed by atoms with Crippen molar-refractivity contribution in [3.05, 3.63) is 17.8 Å². The van der Waals surface area contributed by atoms with Gasteiger partial charge in [-0.25, -0.2) is 0 Å². The molecule has 3 rings (SSSR count). The molecule has 18 heavy (non-hydrogen) atoms. The second-order valence-corrected chi connectivity index (χ2v) is 5.73. The Balaban J connectivity index is 1.70. The molecular formula is C14H22N4. The van der Waals surface area contributed by atoms with Crippen LogP contribution < -0.4 is 10.2 Å². The number of aromatic nitrogens is 2. The van der Waals surface area contributed by atoms with Crippen LogP contribution in [0.25, 0.3) is 0 Å². The van der Waals surface area contributed by atoms with E-state index in [1.54, 1.807) is 0 Å². The minimum Gasteiger partial charge on any atom is -0.353 e. The molecule has 0 aromatic carbocycles. The van der Waals surface area contributed by atoms with E-state index in [1.807, 2.05) is 6.20 Å². The van der Waals surface area contributed by atoms with Gasteiger partial charge in [0.05, 0.1) is 6.20 Å². The third kappa shape index (κ3) is 2.99. The van der Waals surface area contributed by atoms with Crippen LogP contribution in [0.5, 0.6) is 0 Å². The molecule has 1 aliphatic carbocycles. The highest BCUT2D eigenvalue weighted by atomic mass is 15.3. The number of hydrogen-bond acceptors (Lipinski definition) is 4. The van der Waals surface area contributed by atoms with Gasteiger partial charge in [-0.05, 0) is 56.7 Å². The lowest BCUT2D eigenvalue weighted by atomic mass is 10.2. The minimum atomic E-state index is 0.631. The van der Waals surface area contributed by atoms with Crippen molar-refractivity contribution < 1.29 is 0 Å². The third-order valence-electron chi connectivity index (χ3n) is 3.88. The molecule has 4 nitrogen and oxygen atoms in total. The fourth-order valence-corrected chi connectivity index (χ4v) is 2.66. The summed E-state index contributed by atoms with van der Waals surface area (Å²) in [4.78, 5) is 2.43. The molecule has 0 amide bonds. The van der Waals surface area contributed by atoms with Crippen LogP contribution in [0.3, 0.4) is 0 Å². The Bertz CT molecular complexity index is 397. The van der Waals surface area contributed by atoms with E-state index in [0.717, 1.165) is 24.8 Å². The highest BCUT2D eigenvalue weighted by Crippen LogP contribution is 2.31. The van der Waals surface area contributed by atoms with Crippen LogP contribution in [0, 0.1) is 12.8 Å². The number of hydrogen-bond donors (Lipinski definition) is 1. The fraction of sp³-hybridized carbons (Fsp3) is 0.714. The Morgan fingerprint density at radius 3 is 2.89 bits per heavy atom. The average Bonchev–Trinajstić information content (AvgIpc) is 3.03. The van der Waals surface area contributed by atoms with Gasteiger partial charge in [-0.15, -0.1) is 5.10 Å². The van der Waals surface area contributed by atoms with Crippen LogP contribution in [-0.2, 0) is 0 Å². The number of rotatable bonds is 5. The molecule has 1 saturated carbocycles. The minimum absolute atomic E-state index is 0.631. The fourth-order valence-electron chi connectivity index (χ4n) is 2.66. The Kier molecular flexibility index (Phi) is 3.46. The molecule has 1 unspecified atom stereocenters. The summed E-state index contributed by atoms with van der Waals surface area (Å²) < 4.78 is 0. The number of nitrogens with zero attached hydrogens (tertiary/aromatic N) is 3. The molecular weight excluding hydrogens is 224 g/mol. The van der Waals surface area contributed by atoms with E-state index in [0.29, 0.717) is 6.04 Å². The van der Waals surface area contributed by atoms with Gasteiger partial charge >= 0.3 is 0 Å². The lowest BCUT2D eigenvalue weighted by Gasteiger charge is -2.26. The first-order valence-electron chi connectivity index (χ1n) is 7.09. The molecule has 0 spiro atoms. The van der Waals surface area contributed by atoms with E-state index in [4.69, 9.17) is 0 Å². The van der Waals surface area contributed by atoms with Crippen molar-refractivity contribution in [2.75, 3.05) is 24.5 Å². The maximum atomic E-state index is 4.31. The second kappa shape index (κ2) is 5.22. The van der Waals surface area contributed by atoms with Gasteiger partial charge in [0.15, 0.2) is 5.82 Å². The van der Waals surface area contributed by atoms with Crippen LogP contribution in [0.1, 0.15) is 31.2 Å². The zero-order chi connectivity index (χ0) is 12.4. The first-order valence-corrected chi connectivity index (χ1v) is 7.09. The van der Waals surface area contributed by atoms with E-state index < -0.39 is 0 Å². The van der Waals surface area contributed by atoms with Crippen LogP contribution in [-0.4, -0.2) is 35.9 Å². The highest BCUT2D eigenvalue weighted by Gasteiger charge is 2.27. The summed E-state index contributed by atoms with van der Waals surface area (Å²) in [5.41, 5.74) is 1.19. The number of anilines is 1. The van der Waals surface area contributed by atoms with Crippen LogP contribution in [0.2, 0.25) is 0 Å². The lowest BCUT2D eigenvalue weighted by molar-refractivity contribution is 0.565. The predicted octanol–water partition coefficient (Wildman–Crippen LogP) is 1.75. The molecule has 2 heterocycles. The molecule has 0 bridgehead atoms. The van der Waals surface area contributed by atoms with Crippen molar-refractivity contribution >= 4 is 5.82 Å². The maximum absolute atomic E-state index is 4.31. The van der Waals surface area contributed by atoms with Gasteiger partial charge in [-0.1, -0.05) is 0 Å². The standard InChI is InChI=1S/C14H22N4/c1-11-7-14(17-16-8-11)18(9-12-4-5-12)10-13-3-2-6-15-13/h7-8,12-13,15H,2-6,9-10H2,1H3. The van der Waals surface area contributed by atoms with Crippen molar-refractivity contribution in [1.29, 1.82) is 0 Å². The predicted molar refractivity (Wildman–Crippen MR) is 72.7 cm³/mol. The van der Waals surface area contributed by atoms with E-state index in [9.17, 15) is 0 Å². The molecule has 1 N–H and O–H groups in total. The lowest BCUT2D eigenvalue weighted by Crippen LogP contribution is -2.39. The van der Waals surface area contributed by atoms with Gasteiger partial charge in [-0.2, -0.15) is 5.10 Å². The van der Waals surface area contributed by atoms with Crippen molar-refractivity contribution in [3.63, 3.8) is 0 Å². The van der Waals surface area contributed by atoms with Gasteiger partial charge in [0.1, 0.15) is 0 Å². The van der Waals surface area contributed by atoms with Gasteiger partial charge in [0.25, 0.3) is 0 Å². The monoisotopic (exact) mass is 246 g/mol. The summed E-state index contributed by atoms with van der Waals surface area (Å²) in [7, 11) is 0. The summed E-state index contributed by atoms with van der Waals surface area (Å²) >= 11 is 0. The molecule has 1 aromatic rings. The largest absolute Gasteiger partial charge is 0.353 e. The zero-order valence-electron chi connectivity index (χ0n) is 11.1. The smallest absolute Gasteiger partial charge is 0.151 e. The highest BCUT2D eigenvalue weighted by molar-refractivity contribution is 5.39. The van der Waals surface area contributed by atoms with E-state index in [1.165, 1.54) is 37.8 Å². The van der Waals surface area contributed by atoms with Gasteiger partial charge in [0.2, 0.25) is 0 Å². The van der Waals surface area contributed by atoms with Crippen LogP contribution >= 0.6 is 0 Å². The van der Waals surface area contributed by atoms with Crippen molar-refractivity contribution in [2.45, 2.75) is 38.6 Å². The Morgan fingerprint density at radius 2 is 2.22 bits per heavy atom. The topological polar surface area (TPSA) is 41.1 Å². The molecule has 4 heteroatoms. The summed E-state index contributed by atoms with van der Waals surface area (Å²) in [6.45, 7) is 5.48. The molecule has 98 valence electrons. The summed E-state index contributed by atoms with van der Waals surface area (Å²) in [5, 5.41) is 12.0. The molecule has 1 aromatic heterocycles. The Morgan fingerprint density at radius 1 is 1.33 bits per heavy atom. The first kappa shape index (κ1) is 11.9. The Hall–Kier alpha value is -1.16. The molecule has 1 aliphatic heterocycles. The van der Waals surface area contributed by atoms with Gasteiger partial charge < -0.3 is 10.2 Å². The van der Waals surface area contributed by atoms with Crippen molar-refractivity contribution in [2.24, 2.45) is 5.92 Å². The number of aryl methyl sites for hydroxylation is 1. The summed E-state index contributed by atoms with van der Waals surface area (Å²) in [5.74, 6) is 1.93. The van der Waals surface area contributed by atoms with Crippen LogP contribution in [0.4, 0.5) is 5.82 Å². The number of nitrogens with one attached hydrogen (secondary N) is 1. The average molecular weight is 246 g/mol. The van der Waals surface area contributed by atoms with Gasteiger partial charge in [0, 0.05) is 19.1 Å². The van der Waals surface area contributed by atoms with Crippen molar-refractivity contribution in [1.82, 2.24) is 15.5 Å². The molecule has 2 aliphatic rings. The normalized spacial score (nSPS) is 23.3. The van der Waals surface area contributed by atoms with E-state index in [2.05, 4.69) is 33.4 Å². The Labute approximate surface area is 109 Å².